The van der Waals surface area contributed by atoms with Gasteiger partial charge >= 0.3 is 5.69 Å². The van der Waals surface area contributed by atoms with Gasteiger partial charge in [-0.3, -0.25) is 23.9 Å². The number of hydrogen-bond donors (Lipinski definition) is 4. The van der Waals surface area contributed by atoms with E-state index in [1.807, 2.05) is 0 Å². The Kier molecular flexibility index (Phi) is 6.70. The van der Waals surface area contributed by atoms with Gasteiger partial charge in [0.25, 0.3) is 11.8 Å². The molecule has 1 aromatic heterocycles. The molecule has 1 aliphatic carbocycles. The van der Waals surface area contributed by atoms with Crippen LogP contribution in [0.15, 0.2) is 29.2 Å². The monoisotopic (exact) mass is 462 g/mol. The smallest absolute Gasteiger partial charge is 0.351 e. The lowest BCUT2D eigenvalue weighted by Gasteiger charge is -2.29. The summed E-state index contributed by atoms with van der Waals surface area (Å²) in [6.07, 6.45) is 1.36. The van der Waals surface area contributed by atoms with Crippen molar-refractivity contribution in [2.45, 2.75) is 50.2 Å². The largest absolute Gasteiger partial charge is 0.394 e. The van der Waals surface area contributed by atoms with Gasteiger partial charge in [-0.1, -0.05) is 0 Å². The Bertz CT molecular complexity index is 998. The molecule has 178 valence electrons. The molecule has 4 N–H and O–H groups in total. The number of ether oxygens (including phenoxy) is 1. The molecule has 1 aromatic rings. The topological polar surface area (TPSA) is 171 Å². The molecule has 2 aliphatic heterocycles. The average Bonchev–Trinajstić information content (AvgIpc) is 3.27. The van der Waals surface area contributed by atoms with Crippen molar-refractivity contribution >= 4 is 23.5 Å². The van der Waals surface area contributed by atoms with Crippen LogP contribution in [-0.4, -0.2) is 79.0 Å². The molecule has 3 amide bonds. The predicted octanol–water partition coefficient (Wildman–Crippen LogP) is -1.48. The molecule has 0 bridgehead atoms. The van der Waals surface area contributed by atoms with Crippen LogP contribution in [0, 0.1) is 11.8 Å². The van der Waals surface area contributed by atoms with Crippen LogP contribution in [0.4, 0.5) is 5.82 Å². The maximum atomic E-state index is 12.6. The van der Waals surface area contributed by atoms with Crippen molar-refractivity contribution in [3.63, 3.8) is 0 Å². The van der Waals surface area contributed by atoms with Crippen LogP contribution >= 0.6 is 0 Å². The number of aliphatic hydroxyl groups excluding tert-OH is 3. The Labute approximate surface area is 188 Å². The van der Waals surface area contributed by atoms with Crippen LogP contribution in [0.1, 0.15) is 31.9 Å². The summed E-state index contributed by atoms with van der Waals surface area (Å²) in [5, 5.41) is 31.7. The lowest BCUT2D eigenvalue weighted by Crippen LogP contribution is -2.37. The summed E-state index contributed by atoms with van der Waals surface area (Å²) in [6.45, 7) is -0.172. The zero-order valence-electron chi connectivity index (χ0n) is 17.7. The third-order valence-electron chi connectivity index (χ3n) is 6.43. The number of hydrogen-bond acceptors (Lipinski definition) is 9. The van der Waals surface area contributed by atoms with E-state index in [-0.39, 0.29) is 35.4 Å². The van der Waals surface area contributed by atoms with Gasteiger partial charge in [-0.15, -0.1) is 0 Å². The Morgan fingerprint density at radius 3 is 2.33 bits per heavy atom. The van der Waals surface area contributed by atoms with E-state index < -0.39 is 36.8 Å². The summed E-state index contributed by atoms with van der Waals surface area (Å²) in [6, 6.07) is 1.39. The second-order valence-corrected chi connectivity index (χ2v) is 8.56. The van der Waals surface area contributed by atoms with Crippen LogP contribution in [-0.2, 0) is 19.1 Å². The van der Waals surface area contributed by atoms with Gasteiger partial charge in [-0.2, -0.15) is 4.98 Å². The molecule has 3 heterocycles. The SMILES string of the molecule is O=C(Nc1ccn([C@@H]2O[C@H](CO)[C@@H](O)[C@H]2O)c(=O)n1)C1CCC(CN2C(=O)C=CC2=O)CC1. The van der Waals surface area contributed by atoms with Crippen molar-refractivity contribution < 1.29 is 34.4 Å². The lowest BCUT2D eigenvalue weighted by molar-refractivity contribution is -0.138. The fourth-order valence-electron chi connectivity index (χ4n) is 4.49. The Morgan fingerprint density at radius 1 is 1.09 bits per heavy atom. The average molecular weight is 462 g/mol. The van der Waals surface area contributed by atoms with E-state index in [4.69, 9.17) is 4.74 Å². The normalized spacial score (nSPS) is 31.9. The van der Waals surface area contributed by atoms with Gasteiger partial charge in [0.1, 0.15) is 24.1 Å². The quantitative estimate of drug-likeness (QED) is 0.368. The van der Waals surface area contributed by atoms with Gasteiger partial charge in [0.05, 0.1) is 6.61 Å². The number of imide groups is 1. The molecule has 12 nitrogen and oxygen atoms in total. The van der Waals surface area contributed by atoms with Gasteiger partial charge < -0.3 is 25.4 Å². The number of rotatable bonds is 6. The highest BCUT2D eigenvalue weighted by Gasteiger charge is 2.43. The molecule has 1 saturated heterocycles. The Hall–Kier alpha value is -2.93. The summed E-state index contributed by atoms with van der Waals surface area (Å²) in [4.78, 5) is 53.5. The zero-order valence-corrected chi connectivity index (χ0v) is 17.7. The molecular formula is C21H26N4O8. The van der Waals surface area contributed by atoms with Crippen molar-refractivity contribution in [3.05, 3.63) is 34.9 Å². The van der Waals surface area contributed by atoms with Crippen molar-refractivity contribution in [1.29, 1.82) is 0 Å². The first-order valence-corrected chi connectivity index (χ1v) is 10.8. The molecule has 4 atom stereocenters. The number of aromatic nitrogens is 2. The fraction of sp³-hybridized carbons (Fsp3) is 0.571. The minimum absolute atomic E-state index is 0.0504. The summed E-state index contributed by atoms with van der Waals surface area (Å²) in [7, 11) is 0. The number of nitrogens with one attached hydrogen (secondary N) is 1. The van der Waals surface area contributed by atoms with E-state index >= 15 is 0 Å². The Balaban J connectivity index is 1.31. The van der Waals surface area contributed by atoms with E-state index in [1.54, 1.807) is 0 Å². The fourth-order valence-corrected chi connectivity index (χ4v) is 4.49. The van der Waals surface area contributed by atoms with Gasteiger partial charge in [-0.05, 0) is 37.7 Å². The third kappa shape index (κ3) is 4.74. The van der Waals surface area contributed by atoms with Crippen LogP contribution < -0.4 is 11.0 Å². The highest BCUT2D eigenvalue weighted by atomic mass is 16.6. The van der Waals surface area contributed by atoms with Crippen LogP contribution in [0.2, 0.25) is 0 Å². The number of carbonyl (C=O) groups excluding carboxylic acids is 3. The summed E-state index contributed by atoms with van der Waals surface area (Å²) in [5.74, 6) is -0.987. The first-order chi connectivity index (χ1) is 15.8. The molecule has 0 spiro atoms. The van der Waals surface area contributed by atoms with Crippen LogP contribution in [0.5, 0.6) is 0 Å². The molecule has 1 saturated carbocycles. The molecule has 3 aliphatic rings. The van der Waals surface area contributed by atoms with Crippen molar-refractivity contribution in [2.75, 3.05) is 18.5 Å². The molecule has 12 heteroatoms. The lowest BCUT2D eigenvalue weighted by atomic mass is 9.81. The van der Waals surface area contributed by atoms with E-state index in [1.165, 1.54) is 29.3 Å². The van der Waals surface area contributed by atoms with Crippen molar-refractivity contribution in [3.8, 4) is 0 Å². The van der Waals surface area contributed by atoms with Crippen molar-refractivity contribution in [1.82, 2.24) is 14.5 Å². The summed E-state index contributed by atoms with van der Waals surface area (Å²) < 4.78 is 6.31. The van der Waals surface area contributed by atoms with Crippen molar-refractivity contribution in [2.24, 2.45) is 11.8 Å². The van der Waals surface area contributed by atoms with E-state index in [2.05, 4.69) is 10.3 Å². The zero-order chi connectivity index (χ0) is 23.7. The predicted molar refractivity (Wildman–Crippen MR) is 111 cm³/mol. The standard InChI is InChI=1S/C21H26N4O8/c26-10-13-17(29)18(30)20(33-13)24-8-7-14(23-21(24)32)22-19(31)12-3-1-11(2-4-12)9-25-15(27)5-6-16(25)28/h5-8,11-13,17-18,20,26,29-30H,1-4,9-10H2,(H,22,23,31,32)/t11?,12?,13-,17-,18-,20-/m1/s1. The maximum absolute atomic E-state index is 12.6. The Morgan fingerprint density at radius 2 is 1.76 bits per heavy atom. The molecule has 4 rings (SSSR count). The molecular weight excluding hydrogens is 436 g/mol. The number of amides is 3. The number of anilines is 1. The van der Waals surface area contributed by atoms with Gasteiger partial charge in [0, 0.05) is 30.8 Å². The van der Waals surface area contributed by atoms with Gasteiger partial charge in [-0.25, -0.2) is 4.79 Å². The number of aliphatic hydroxyl groups is 3. The molecule has 33 heavy (non-hydrogen) atoms. The van der Waals surface area contributed by atoms with Gasteiger partial charge in [0.2, 0.25) is 5.91 Å². The maximum Gasteiger partial charge on any atom is 0.351 e. The summed E-state index contributed by atoms with van der Waals surface area (Å²) in [5.41, 5.74) is -0.792. The van der Waals surface area contributed by atoms with Gasteiger partial charge in [0.15, 0.2) is 6.23 Å². The second kappa shape index (κ2) is 9.51. The number of carbonyl (C=O) groups is 3. The third-order valence-corrected chi connectivity index (χ3v) is 6.43. The highest BCUT2D eigenvalue weighted by Crippen LogP contribution is 2.31. The van der Waals surface area contributed by atoms with Crippen LogP contribution in [0.25, 0.3) is 0 Å². The molecule has 0 unspecified atom stereocenters. The first kappa shape index (κ1) is 23.2. The summed E-state index contributed by atoms with van der Waals surface area (Å²) >= 11 is 0. The molecule has 0 radical (unpaired) electrons. The number of nitrogens with zero attached hydrogens (tertiary/aromatic N) is 3. The minimum Gasteiger partial charge on any atom is -0.394 e. The van der Waals surface area contributed by atoms with E-state index in [9.17, 15) is 34.5 Å². The highest BCUT2D eigenvalue weighted by molar-refractivity contribution is 6.12. The minimum atomic E-state index is -1.42. The molecule has 0 aromatic carbocycles. The molecule has 2 fully saturated rings. The van der Waals surface area contributed by atoms with E-state index in [0.717, 1.165) is 4.57 Å². The first-order valence-electron chi connectivity index (χ1n) is 10.8. The second-order valence-electron chi connectivity index (χ2n) is 8.56. The van der Waals surface area contributed by atoms with Crippen LogP contribution in [0.3, 0.4) is 0 Å². The van der Waals surface area contributed by atoms with E-state index in [0.29, 0.717) is 32.2 Å².